The Balaban J connectivity index is 1.87. The molecular weight excluding hydrogens is 408 g/mol. The minimum atomic E-state index is -2.86. The van der Waals surface area contributed by atoms with Crippen molar-refractivity contribution in [3.63, 3.8) is 0 Å². The summed E-state index contributed by atoms with van der Waals surface area (Å²) >= 11 is 3.31. The number of aliphatic hydroxyl groups is 1. The van der Waals surface area contributed by atoms with Crippen LogP contribution in [0.4, 0.5) is 8.78 Å². The highest BCUT2D eigenvalue weighted by Gasteiger charge is 2.55. The number of ether oxygens (including phenoxy) is 1. The van der Waals surface area contributed by atoms with Crippen molar-refractivity contribution in [2.75, 3.05) is 27.2 Å². The Kier molecular flexibility index (Phi) is 5.18. The average molecular weight is 433 g/mol. The SMILES string of the molecule is C[N+]1(C)CC[C@H](OC(=O)[C@](O)(c2ccc(Br)cc2)[C@@H]2CCC(F)(F)C2)C1. The Bertz CT molecular complexity index is 680. The molecule has 2 fully saturated rings. The van der Waals surface area contributed by atoms with Gasteiger partial charge in [-0.15, -0.1) is 0 Å². The highest BCUT2D eigenvalue weighted by Crippen LogP contribution is 2.48. The number of alkyl halides is 2. The van der Waals surface area contributed by atoms with Gasteiger partial charge in [-0.3, -0.25) is 0 Å². The maximum absolute atomic E-state index is 13.8. The number of esters is 1. The van der Waals surface area contributed by atoms with Crippen molar-refractivity contribution in [1.29, 1.82) is 0 Å². The molecule has 0 spiro atoms. The summed E-state index contributed by atoms with van der Waals surface area (Å²) in [5, 5.41) is 11.3. The summed E-state index contributed by atoms with van der Waals surface area (Å²) in [6.07, 6.45) is -0.351. The molecule has 1 aromatic carbocycles. The van der Waals surface area contributed by atoms with E-state index in [0.29, 0.717) is 18.5 Å². The monoisotopic (exact) mass is 432 g/mol. The van der Waals surface area contributed by atoms with Crippen LogP contribution in [0.5, 0.6) is 0 Å². The third kappa shape index (κ3) is 3.94. The molecule has 1 N–H and O–H groups in total. The van der Waals surface area contributed by atoms with Crippen molar-refractivity contribution in [3.8, 4) is 0 Å². The summed E-state index contributed by atoms with van der Waals surface area (Å²) < 4.78 is 34.7. The van der Waals surface area contributed by atoms with Gasteiger partial charge in [-0.2, -0.15) is 0 Å². The Morgan fingerprint density at radius 3 is 2.46 bits per heavy atom. The fourth-order valence-electron chi connectivity index (χ4n) is 4.10. The van der Waals surface area contributed by atoms with E-state index < -0.39 is 29.8 Å². The topological polar surface area (TPSA) is 46.5 Å². The van der Waals surface area contributed by atoms with Gasteiger partial charge in [0.2, 0.25) is 5.92 Å². The molecule has 0 unspecified atom stereocenters. The zero-order valence-corrected chi connectivity index (χ0v) is 16.6. The molecule has 0 radical (unpaired) electrons. The number of hydrogen-bond donors (Lipinski definition) is 1. The van der Waals surface area contributed by atoms with E-state index in [1.54, 1.807) is 24.3 Å². The second kappa shape index (κ2) is 6.84. The summed E-state index contributed by atoms with van der Waals surface area (Å²) in [7, 11) is 4.10. The van der Waals surface area contributed by atoms with Gasteiger partial charge in [0, 0.05) is 29.7 Å². The van der Waals surface area contributed by atoms with Crippen molar-refractivity contribution in [1.82, 2.24) is 0 Å². The third-order valence-corrected chi connectivity index (χ3v) is 6.15. The standard InChI is InChI=1S/C19H25BrF2NO3/c1-23(2)10-8-16(12-23)26-17(24)19(25,13-3-5-15(20)6-4-13)14-7-9-18(21,22)11-14/h3-6,14,16,25H,7-12H2,1-2H3/q+1/t14-,16+,19+/m1/s1. The van der Waals surface area contributed by atoms with Crippen LogP contribution in [-0.4, -0.2) is 54.8 Å². The zero-order valence-electron chi connectivity index (χ0n) is 15.1. The van der Waals surface area contributed by atoms with Crippen molar-refractivity contribution < 1.29 is 27.9 Å². The van der Waals surface area contributed by atoms with E-state index in [4.69, 9.17) is 4.74 Å². The quantitative estimate of drug-likeness (QED) is 0.585. The van der Waals surface area contributed by atoms with E-state index in [1.165, 1.54) is 0 Å². The highest BCUT2D eigenvalue weighted by molar-refractivity contribution is 9.10. The van der Waals surface area contributed by atoms with Crippen LogP contribution in [0.2, 0.25) is 0 Å². The molecule has 4 nitrogen and oxygen atoms in total. The zero-order chi connectivity index (χ0) is 19.2. The lowest BCUT2D eigenvalue weighted by Crippen LogP contribution is -2.46. The number of hydrogen-bond acceptors (Lipinski definition) is 3. The molecule has 0 aromatic heterocycles. The molecule has 7 heteroatoms. The minimum Gasteiger partial charge on any atom is -0.454 e. The molecule has 144 valence electrons. The van der Waals surface area contributed by atoms with Crippen molar-refractivity contribution in [3.05, 3.63) is 34.3 Å². The second-order valence-corrected chi connectivity index (χ2v) is 9.14. The summed E-state index contributed by atoms with van der Waals surface area (Å²) in [5.41, 5.74) is -1.75. The Morgan fingerprint density at radius 2 is 1.96 bits per heavy atom. The lowest BCUT2D eigenvalue weighted by atomic mass is 9.80. The number of carbonyl (C=O) groups excluding carboxylic acids is 1. The minimum absolute atomic E-state index is 0.0842. The summed E-state index contributed by atoms with van der Waals surface area (Å²) in [6, 6.07) is 6.57. The molecule has 1 aliphatic carbocycles. The Hall–Kier alpha value is -1.05. The molecule has 3 rings (SSSR count). The summed E-state index contributed by atoms with van der Waals surface area (Å²) in [4.78, 5) is 13.0. The van der Waals surface area contributed by atoms with Crippen LogP contribution < -0.4 is 0 Å². The largest absolute Gasteiger partial charge is 0.454 e. The van der Waals surface area contributed by atoms with Crippen molar-refractivity contribution >= 4 is 21.9 Å². The first kappa shape index (κ1) is 19.7. The van der Waals surface area contributed by atoms with Crippen LogP contribution in [0.25, 0.3) is 0 Å². The average Bonchev–Trinajstić information content (AvgIpc) is 3.08. The predicted octanol–water partition coefficient (Wildman–Crippen LogP) is 3.46. The van der Waals surface area contributed by atoms with E-state index >= 15 is 0 Å². The van der Waals surface area contributed by atoms with Gasteiger partial charge < -0.3 is 14.3 Å². The van der Waals surface area contributed by atoms with Crippen molar-refractivity contribution in [2.24, 2.45) is 5.92 Å². The second-order valence-electron chi connectivity index (χ2n) is 8.23. The fourth-order valence-corrected chi connectivity index (χ4v) is 4.36. The van der Waals surface area contributed by atoms with Gasteiger partial charge in [0.1, 0.15) is 6.54 Å². The molecule has 1 aliphatic heterocycles. The van der Waals surface area contributed by atoms with Gasteiger partial charge >= 0.3 is 5.97 Å². The lowest BCUT2D eigenvalue weighted by Gasteiger charge is -2.33. The van der Waals surface area contributed by atoms with E-state index in [-0.39, 0.29) is 18.9 Å². The van der Waals surface area contributed by atoms with E-state index in [2.05, 4.69) is 15.9 Å². The summed E-state index contributed by atoms with van der Waals surface area (Å²) in [6.45, 7) is 1.53. The molecule has 26 heavy (non-hydrogen) atoms. The number of halogens is 3. The van der Waals surface area contributed by atoms with Crippen molar-refractivity contribution in [2.45, 2.75) is 43.3 Å². The Labute approximate surface area is 160 Å². The highest BCUT2D eigenvalue weighted by atomic mass is 79.9. The van der Waals surface area contributed by atoms with Crippen LogP contribution in [0.1, 0.15) is 31.2 Å². The summed E-state index contributed by atoms with van der Waals surface area (Å²) in [5.74, 6) is -4.54. The predicted molar refractivity (Wildman–Crippen MR) is 96.7 cm³/mol. The molecule has 2 aliphatic rings. The molecule has 0 bridgehead atoms. The van der Waals surface area contributed by atoms with E-state index in [0.717, 1.165) is 15.5 Å². The molecule has 3 atom stereocenters. The number of likely N-dealkylation sites (N-methyl/N-ethyl adjacent to an activating group) is 1. The number of nitrogens with zero attached hydrogens (tertiary/aromatic N) is 1. The first-order valence-corrected chi connectivity index (χ1v) is 9.70. The molecule has 1 aromatic rings. The van der Waals surface area contributed by atoms with E-state index in [9.17, 15) is 18.7 Å². The number of carbonyl (C=O) groups is 1. The van der Waals surface area contributed by atoms with E-state index in [1.807, 2.05) is 14.1 Å². The normalized spacial score (nSPS) is 29.3. The van der Waals surface area contributed by atoms with Gasteiger partial charge in [-0.1, -0.05) is 28.1 Å². The van der Waals surface area contributed by atoms with Crippen LogP contribution in [0.15, 0.2) is 28.7 Å². The van der Waals surface area contributed by atoms with Crippen LogP contribution in [0, 0.1) is 5.92 Å². The first-order chi connectivity index (χ1) is 12.0. The number of likely N-dealkylation sites (tertiary alicyclic amines) is 1. The van der Waals surface area contributed by atoms with Gasteiger partial charge in [0.05, 0.1) is 20.6 Å². The lowest BCUT2D eigenvalue weighted by molar-refractivity contribution is -0.879. The number of rotatable bonds is 4. The van der Waals surface area contributed by atoms with Crippen LogP contribution >= 0.6 is 15.9 Å². The molecule has 1 saturated carbocycles. The van der Waals surface area contributed by atoms with Crippen LogP contribution in [0.3, 0.4) is 0 Å². The van der Waals surface area contributed by atoms with Gasteiger partial charge in [-0.05, 0) is 24.1 Å². The van der Waals surface area contributed by atoms with Gasteiger partial charge in [0.25, 0.3) is 0 Å². The van der Waals surface area contributed by atoms with Gasteiger partial charge in [-0.25, -0.2) is 13.6 Å². The fraction of sp³-hybridized carbons (Fsp3) is 0.632. The van der Waals surface area contributed by atoms with Gasteiger partial charge in [0.15, 0.2) is 11.7 Å². The Morgan fingerprint density at radius 1 is 1.31 bits per heavy atom. The third-order valence-electron chi connectivity index (χ3n) is 5.62. The first-order valence-electron chi connectivity index (χ1n) is 8.91. The molecular formula is C19H25BrF2NO3+. The number of quaternary nitrogens is 1. The number of benzene rings is 1. The molecule has 1 saturated heterocycles. The molecule has 0 amide bonds. The maximum atomic E-state index is 13.8. The van der Waals surface area contributed by atoms with Crippen LogP contribution in [-0.2, 0) is 15.1 Å². The molecule has 1 heterocycles. The maximum Gasteiger partial charge on any atom is 0.343 e. The smallest absolute Gasteiger partial charge is 0.343 e.